The summed E-state index contributed by atoms with van der Waals surface area (Å²) >= 11 is 6.77. The van der Waals surface area contributed by atoms with Gasteiger partial charge in [-0.2, -0.15) is 0 Å². The van der Waals surface area contributed by atoms with Crippen LogP contribution in [0.1, 0.15) is 6.42 Å². The molecule has 1 fully saturated rings. The summed E-state index contributed by atoms with van der Waals surface area (Å²) in [4.78, 5) is 13.3. The monoisotopic (exact) mass is 363 g/mol. The highest BCUT2D eigenvalue weighted by atomic mass is 79.9. The maximum atomic E-state index is 11.8. The number of benzene rings is 1. The van der Waals surface area contributed by atoms with E-state index in [1.165, 1.54) is 0 Å². The number of hydrogen-bond acceptors (Lipinski definition) is 3. The second kappa shape index (κ2) is 4.96. The molecule has 1 aliphatic heterocycles. The van der Waals surface area contributed by atoms with Gasteiger partial charge in [-0.15, -0.1) is 0 Å². The summed E-state index contributed by atoms with van der Waals surface area (Å²) < 4.78 is 6.88. The Hall–Kier alpha value is -0.590. The van der Waals surface area contributed by atoms with Crippen LogP contribution in [0, 0.1) is 0 Å². The van der Waals surface area contributed by atoms with Gasteiger partial charge in [-0.05, 0) is 28.1 Å². The molecule has 0 spiro atoms. The average molecular weight is 365 g/mol. The molecule has 1 unspecified atom stereocenters. The van der Waals surface area contributed by atoms with Crippen LogP contribution < -0.4 is 9.64 Å². The molecule has 92 valence electrons. The fourth-order valence-corrected chi connectivity index (χ4v) is 3.26. The minimum atomic E-state index is -0.609. The predicted octanol–water partition coefficient (Wildman–Crippen LogP) is 2.32. The highest BCUT2D eigenvalue weighted by Gasteiger charge is 2.32. The number of β-amino-alcohol motifs (C(OH)–C–C–N with tert-alkyl or cyclic N) is 1. The lowest BCUT2D eigenvalue weighted by Crippen LogP contribution is -2.26. The van der Waals surface area contributed by atoms with E-state index in [0.29, 0.717) is 18.0 Å². The van der Waals surface area contributed by atoms with Crippen molar-refractivity contribution < 1.29 is 14.6 Å². The van der Waals surface area contributed by atoms with Crippen molar-refractivity contribution >= 4 is 43.5 Å². The number of nitrogens with zero attached hydrogens (tertiary/aromatic N) is 1. The molecule has 1 saturated heterocycles. The number of amides is 1. The summed E-state index contributed by atoms with van der Waals surface area (Å²) in [7, 11) is 1.55. The first-order valence-electron chi connectivity index (χ1n) is 5.04. The van der Waals surface area contributed by atoms with Crippen molar-refractivity contribution in [1.29, 1.82) is 0 Å². The number of methoxy groups -OCH3 is 1. The van der Waals surface area contributed by atoms with Crippen molar-refractivity contribution in [2.24, 2.45) is 0 Å². The topological polar surface area (TPSA) is 49.8 Å². The molecule has 0 aromatic heterocycles. The van der Waals surface area contributed by atoms with Gasteiger partial charge >= 0.3 is 0 Å². The van der Waals surface area contributed by atoms with Crippen molar-refractivity contribution in [3.8, 4) is 5.75 Å². The predicted molar refractivity (Wildman–Crippen MR) is 71.4 cm³/mol. The number of halogens is 2. The number of anilines is 1. The van der Waals surface area contributed by atoms with Crippen LogP contribution >= 0.6 is 31.9 Å². The van der Waals surface area contributed by atoms with Gasteiger partial charge in [0.05, 0.1) is 26.2 Å². The van der Waals surface area contributed by atoms with E-state index in [1.54, 1.807) is 18.1 Å². The molecule has 0 aliphatic carbocycles. The molecule has 6 heteroatoms. The summed E-state index contributed by atoms with van der Waals surface area (Å²) in [6.07, 6.45) is -0.450. The summed E-state index contributed by atoms with van der Waals surface area (Å²) in [6.45, 7) is 0.301. The lowest BCUT2D eigenvalue weighted by molar-refractivity contribution is -0.117. The molecule has 1 aromatic carbocycles. The number of aliphatic hydroxyl groups is 1. The van der Waals surface area contributed by atoms with E-state index in [-0.39, 0.29) is 12.3 Å². The third kappa shape index (κ3) is 2.48. The third-order valence-electron chi connectivity index (χ3n) is 2.59. The summed E-state index contributed by atoms with van der Waals surface area (Å²) in [5.41, 5.74) is 0.664. The first-order chi connectivity index (χ1) is 8.02. The number of aliphatic hydroxyl groups excluding tert-OH is 1. The standard InChI is InChI=1S/C11H11Br2NO3/c1-17-9-3-6(12)2-8(13)11(9)14-5-7(15)4-10(14)16/h2-3,7,15H,4-5H2,1H3. The van der Waals surface area contributed by atoms with E-state index < -0.39 is 6.10 Å². The van der Waals surface area contributed by atoms with Gasteiger partial charge in [0.2, 0.25) is 5.91 Å². The molecule has 2 rings (SSSR count). The molecule has 0 bridgehead atoms. The largest absolute Gasteiger partial charge is 0.494 e. The molecule has 1 atom stereocenters. The Morgan fingerprint density at radius 3 is 2.71 bits per heavy atom. The molecule has 4 nitrogen and oxygen atoms in total. The molecule has 1 aromatic rings. The van der Waals surface area contributed by atoms with Crippen molar-refractivity contribution in [3.63, 3.8) is 0 Å². The first kappa shape index (κ1) is 12.9. The fourth-order valence-electron chi connectivity index (χ4n) is 1.86. The Labute approximate surface area is 116 Å². The van der Waals surface area contributed by atoms with Gasteiger partial charge in [0.25, 0.3) is 0 Å². The van der Waals surface area contributed by atoms with Crippen molar-refractivity contribution in [1.82, 2.24) is 0 Å². The number of hydrogen-bond donors (Lipinski definition) is 1. The van der Waals surface area contributed by atoms with E-state index in [2.05, 4.69) is 31.9 Å². The normalized spacial score (nSPS) is 19.9. The lowest BCUT2D eigenvalue weighted by atomic mass is 10.2. The molecule has 1 amide bonds. The zero-order valence-electron chi connectivity index (χ0n) is 9.11. The van der Waals surface area contributed by atoms with Gasteiger partial charge in [-0.25, -0.2) is 0 Å². The minimum absolute atomic E-state index is 0.0983. The summed E-state index contributed by atoms with van der Waals surface area (Å²) in [5.74, 6) is 0.493. The van der Waals surface area contributed by atoms with Gasteiger partial charge in [-0.1, -0.05) is 15.9 Å². The fraction of sp³-hybridized carbons (Fsp3) is 0.364. The Bertz CT molecular complexity index is 464. The second-order valence-electron chi connectivity index (χ2n) is 3.80. The summed E-state index contributed by atoms with van der Waals surface area (Å²) in [6, 6.07) is 3.63. The van der Waals surface area contributed by atoms with Gasteiger partial charge < -0.3 is 14.7 Å². The van der Waals surface area contributed by atoms with Gasteiger partial charge in [-0.3, -0.25) is 4.79 Å². The third-order valence-corrected chi connectivity index (χ3v) is 3.65. The smallest absolute Gasteiger partial charge is 0.229 e. The number of carbonyl (C=O) groups excluding carboxylic acids is 1. The van der Waals surface area contributed by atoms with E-state index in [9.17, 15) is 9.90 Å². The first-order valence-corrected chi connectivity index (χ1v) is 6.63. The Kier molecular flexibility index (Phi) is 3.75. The zero-order valence-corrected chi connectivity index (χ0v) is 12.3. The van der Waals surface area contributed by atoms with Crippen LogP contribution in [-0.2, 0) is 4.79 Å². The van der Waals surface area contributed by atoms with Crippen LogP contribution in [-0.4, -0.2) is 30.8 Å². The van der Waals surface area contributed by atoms with Crippen LogP contribution in [0.2, 0.25) is 0 Å². The molecule has 1 heterocycles. The maximum absolute atomic E-state index is 11.8. The Morgan fingerprint density at radius 2 is 2.18 bits per heavy atom. The Balaban J connectivity index is 2.47. The van der Waals surface area contributed by atoms with E-state index in [1.807, 2.05) is 6.07 Å². The van der Waals surface area contributed by atoms with Crippen molar-refractivity contribution in [2.75, 3.05) is 18.6 Å². The molecule has 1 aliphatic rings. The maximum Gasteiger partial charge on any atom is 0.229 e. The van der Waals surface area contributed by atoms with Crippen LogP contribution in [0.4, 0.5) is 5.69 Å². The zero-order chi connectivity index (χ0) is 12.6. The van der Waals surface area contributed by atoms with E-state index >= 15 is 0 Å². The van der Waals surface area contributed by atoms with E-state index in [4.69, 9.17) is 4.74 Å². The van der Waals surface area contributed by atoms with Crippen LogP contribution in [0.3, 0.4) is 0 Å². The van der Waals surface area contributed by atoms with Crippen LogP contribution in [0.5, 0.6) is 5.75 Å². The second-order valence-corrected chi connectivity index (χ2v) is 5.57. The highest BCUT2D eigenvalue weighted by Crippen LogP contribution is 2.40. The molecule has 0 radical (unpaired) electrons. The van der Waals surface area contributed by atoms with Gasteiger partial charge in [0.1, 0.15) is 11.4 Å². The average Bonchev–Trinajstić information content (AvgIpc) is 2.56. The molecule has 17 heavy (non-hydrogen) atoms. The minimum Gasteiger partial charge on any atom is -0.494 e. The molecule has 0 saturated carbocycles. The highest BCUT2D eigenvalue weighted by molar-refractivity contribution is 9.11. The van der Waals surface area contributed by atoms with Crippen molar-refractivity contribution in [3.05, 3.63) is 21.1 Å². The van der Waals surface area contributed by atoms with Crippen molar-refractivity contribution in [2.45, 2.75) is 12.5 Å². The number of ether oxygens (including phenoxy) is 1. The lowest BCUT2D eigenvalue weighted by Gasteiger charge is -2.20. The number of carbonyl (C=O) groups is 1. The molecular formula is C11H11Br2NO3. The Morgan fingerprint density at radius 1 is 1.47 bits per heavy atom. The quantitative estimate of drug-likeness (QED) is 0.876. The number of rotatable bonds is 2. The summed E-state index contributed by atoms with van der Waals surface area (Å²) in [5, 5.41) is 9.51. The van der Waals surface area contributed by atoms with Crippen LogP contribution in [0.25, 0.3) is 0 Å². The molecular weight excluding hydrogens is 354 g/mol. The van der Waals surface area contributed by atoms with Crippen LogP contribution in [0.15, 0.2) is 21.1 Å². The van der Waals surface area contributed by atoms with E-state index in [0.717, 1.165) is 8.95 Å². The molecule has 1 N–H and O–H groups in total. The van der Waals surface area contributed by atoms with Gasteiger partial charge in [0.15, 0.2) is 0 Å². The van der Waals surface area contributed by atoms with Gasteiger partial charge in [0, 0.05) is 8.95 Å². The SMILES string of the molecule is COc1cc(Br)cc(Br)c1N1CC(O)CC1=O.